The van der Waals surface area contributed by atoms with E-state index in [9.17, 15) is 13.2 Å². The molecule has 1 saturated heterocycles. The van der Waals surface area contributed by atoms with Gasteiger partial charge in [0.1, 0.15) is 10.6 Å². The summed E-state index contributed by atoms with van der Waals surface area (Å²) in [5.41, 5.74) is 2.34. The Kier molecular flexibility index (Phi) is 8.80. The summed E-state index contributed by atoms with van der Waals surface area (Å²) in [5.74, 6) is 0.838. The first-order valence-corrected chi connectivity index (χ1v) is 15.1. The zero-order valence-corrected chi connectivity index (χ0v) is 23.9. The molecule has 9 nitrogen and oxygen atoms in total. The number of piperidine rings is 1. The largest absolute Gasteiger partial charge is 0.379 e. The molecule has 1 aliphatic heterocycles. The summed E-state index contributed by atoms with van der Waals surface area (Å²) >= 11 is 12.1. The number of fused-ring (bicyclic) bond motifs is 1. The monoisotopic (exact) mass is 601 g/mol. The van der Waals surface area contributed by atoms with Crippen molar-refractivity contribution in [3.05, 3.63) is 82.3 Å². The number of H-pyrrole nitrogens is 1. The van der Waals surface area contributed by atoms with E-state index in [2.05, 4.69) is 49.8 Å². The van der Waals surface area contributed by atoms with Gasteiger partial charge in [-0.15, -0.1) is 0 Å². The summed E-state index contributed by atoms with van der Waals surface area (Å²) in [5, 5.41) is 5.50. The van der Waals surface area contributed by atoms with Crippen LogP contribution in [0, 0.1) is 5.92 Å². The van der Waals surface area contributed by atoms with E-state index in [0.29, 0.717) is 23.5 Å². The molecule has 5 rings (SSSR count). The van der Waals surface area contributed by atoms with Crippen molar-refractivity contribution in [3.63, 3.8) is 0 Å². The Hall–Kier alpha value is -3.31. The molecule has 0 spiro atoms. The number of hydrogen-bond acceptors (Lipinski definition) is 6. The molecule has 0 radical (unpaired) electrons. The second-order valence-electron chi connectivity index (χ2n) is 9.73. The first kappa shape index (κ1) is 28.2. The van der Waals surface area contributed by atoms with Crippen LogP contribution in [0.4, 0.5) is 10.7 Å². The van der Waals surface area contributed by atoms with Crippen LogP contribution in [0.15, 0.2) is 71.6 Å². The van der Waals surface area contributed by atoms with Crippen molar-refractivity contribution in [3.8, 4) is 5.75 Å². The number of carbonyl (C=O) groups excluding carboxylic acids is 1. The van der Waals surface area contributed by atoms with Crippen LogP contribution in [-0.2, 0) is 16.7 Å². The lowest BCUT2D eigenvalue weighted by molar-refractivity contribution is 0.172. The summed E-state index contributed by atoms with van der Waals surface area (Å²) in [7, 11) is -4.28. The molecule has 210 valence electrons. The molecule has 1 aromatic heterocycles. The summed E-state index contributed by atoms with van der Waals surface area (Å²) in [6.45, 7) is 3.66. The van der Waals surface area contributed by atoms with Crippen molar-refractivity contribution in [1.82, 2.24) is 20.2 Å². The maximum atomic E-state index is 12.7. The molecule has 0 atom stereocenters. The Labute approximate surface area is 243 Å². The van der Waals surface area contributed by atoms with Crippen LogP contribution in [0.1, 0.15) is 24.8 Å². The fourth-order valence-electron chi connectivity index (χ4n) is 4.80. The van der Waals surface area contributed by atoms with Crippen LogP contribution in [0.3, 0.4) is 0 Å². The molecule has 0 bridgehead atoms. The van der Waals surface area contributed by atoms with Crippen LogP contribution in [0.5, 0.6) is 5.75 Å². The number of carbonyl (C=O) groups is 1. The SMILES string of the molecule is O=C(NCCC1CCN(Cc2ccccc2)CC1)Nc1nc2cc(OS(=O)(=O)c3c(Cl)cccc3Cl)ccc2[nH]1. The van der Waals surface area contributed by atoms with Crippen molar-refractivity contribution in [1.29, 1.82) is 0 Å². The molecule has 12 heteroatoms. The van der Waals surface area contributed by atoms with Gasteiger partial charge < -0.3 is 14.5 Å². The highest BCUT2D eigenvalue weighted by atomic mass is 35.5. The van der Waals surface area contributed by atoms with Crippen molar-refractivity contribution in [2.75, 3.05) is 25.0 Å². The number of nitrogens with zero attached hydrogens (tertiary/aromatic N) is 2. The number of urea groups is 1. The van der Waals surface area contributed by atoms with Crippen molar-refractivity contribution < 1.29 is 17.4 Å². The molecular formula is C28H29Cl2N5O4S. The van der Waals surface area contributed by atoms with Crippen LogP contribution in [-0.4, -0.2) is 49.0 Å². The number of amides is 2. The number of benzene rings is 3. The Balaban J connectivity index is 1.10. The number of imidazole rings is 1. The van der Waals surface area contributed by atoms with Gasteiger partial charge in [-0.2, -0.15) is 8.42 Å². The van der Waals surface area contributed by atoms with Gasteiger partial charge in [0.25, 0.3) is 0 Å². The smallest absolute Gasteiger partial charge is 0.342 e. The highest BCUT2D eigenvalue weighted by Crippen LogP contribution is 2.32. The number of aromatic amines is 1. The molecule has 4 aromatic rings. The summed E-state index contributed by atoms with van der Waals surface area (Å²) in [4.78, 5) is 21.9. The number of aromatic nitrogens is 2. The van der Waals surface area contributed by atoms with E-state index < -0.39 is 10.1 Å². The summed E-state index contributed by atoms with van der Waals surface area (Å²) in [6, 6.07) is 19.0. The predicted molar refractivity (Wildman–Crippen MR) is 156 cm³/mol. The van der Waals surface area contributed by atoms with Gasteiger partial charge in [-0.05, 0) is 68.1 Å². The fraction of sp³-hybridized carbons (Fsp3) is 0.286. The average molecular weight is 603 g/mol. The predicted octanol–water partition coefficient (Wildman–Crippen LogP) is 6.06. The molecule has 1 aliphatic rings. The maximum Gasteiger partial charge on any atom is 0.342 e. The maximum absolute atomic E-state index is 12.7. The van der Waals surface area contributed by atoms with Crippen molar-refractivity contribution in [2.45, 2.75) is 30.7 Å². The quantitative estimate of drug-likeness (QED) is 0.201. The van der Waals surface area contributed by atoms with Crippen molar-refractivity contribution >= 4 is 56.3 Å². The normalized spacial score (nSPS) is 14.8. The first-order valence-electron chi connectivity index (χ1n) is 13.0. The molecule has 40 heavy (non-hydrogen) atoms. The van der Waals surface area contributed by atoms with E-state index in [0.717, 1.165) is 38.9 Å². The number of anilines is 1. The Bertz CT molecular complexity index is 1570. The standard InChI is InChI=1S/C28H29Cl2N5O4S/c29-22-7-4-8-23(30)26(22)40(37,38)39-21-9-10-24-25(17-21)33-27(32-24)34-28(36)31-14-11-19-12-15-35(16-13-19)18-20-5-2-1-3-6-20/h1-10,17,19H,11-16,18H2,(H3,31,32,33,34,36). The van der Waals surface area contributed by atoms with E-state index in [-0.39, 0.29) is 32.7 Å². The lowest BCUT2D eigenvalue weighted by Gasteiger charge is -2.32. The topological polar surface area (TPSA) is 116 Å². The Morgan fingerprint density at radius 3 is 2.48 bits per heavy atom. The minimum absolute atomic E-state index is 0.0285. The van der Waals surface area contributed by atoms with Gasteiger partial charge in [-0.25, -0.2) is 9.78 Å². The van der Waals surface area contributed by atoms with Gasteiger partial charge in [-0.3, -0.25) is 10.2 Å². The van der Waals surface area contributed by atoms with E-state index in [4.69, 9.17) is 27.4 Å². The number of likely N-dealkylation sites (tertiary alicyclic amines) is 1. The average Bonchev–Trinajstić information content (AvgIpc) is 3.31. The molecule has 2 heterocycles. The first-order chi connectivity index (χ1) is 19.3. The minimum Gasteiger partial charge on any atom is -0.379 e. The van der Waals surface area contributed by atoms with E-state index in [1.165, 1.54) is 29.8 Å². The fourth-order valence-corrected chi connectivity index (χ4v) is 6.82. The Morgan fingerprint density at radius 1 is 1.02 bits per heavy atom. The third kappa shape index (κ3) is 7.06. The van der Waals surface area contributed by atoms with Gasteiger partial charge in [0.15, 0.2) is 0 Å². The van der Waals surface area contributed by atoms with E-state index in [1.807, 2.05) is 6.07 Å². The molecular weight excluding hydrogens is 573 g/mol. The molecule has 0 unspecified atom stereocenters. The second kappa shape index (κ2) is 12.5. The van der Waals surface area contributed by atoms with Crippen LogP contribution >= 0.6 is 23.2 Å². The molecule has 2 amide bonds. The highest BCUT2D eigenvalue weighted by molar-refractivity contribution is 7.87. The van der Waals surface area contributed by atoms with Crippen LogP contribution in [0.25, 0.3) is 11.0 Å². The third-order valence-electron chi connectivity index (χ3n) is 6.86. The van der Waals surface area contributed by atoms with E-state index >= 15 is 0 Å². The molecule has 3 N–H and O–H groups in total. The number of halogens is 2. The lowest BCUT2D eigenvalue weighted by Crippen LogP contribution is -2.35. The van der Waals surface area contributed by atoms with Gasteiger partial charge in [-0.1, -0.05) is 59.6 Å². The molecule has 0 aliphatic carbocycles. The molecule has 1 fully saturated rings. The van der Waals surface area contributed by atoms with Gasteiger partial charge >= 0.3 is 16.1 Å². The third-order valence-corrected chi connectivity index (χ3v) is 9.06. The minimum atomic E-state index is -4.28. The highest BCUT2D eigenvalue weighted by Gasteiger charge is 2.24. The zero-order valence-electron chi connectivity index (χ0n) is 21.6. The second-order valence-corrected chi connectivity index (χ2v) is 12.0. The van der Waals surface area contributed by atoms with Crippen molar-refractivity contribution in [2.24, 2.45) is 5.92 Å². The summed E-state index contributed by atoms with van der Waals surface area (Å²) in [6.07, 6.45) is 3.14. The van der Waals surface area contributed by atoms with Crippen LogP contribution in [0.2, 0.25) is 10.0 Å². The number of rotatable bonds is 9. The van der Waals surface area contributed by atoms with Crippen LogP contribution < -0.4 is 14.8 Å². The Morgan fingerprint density at radius 2 is 1.75 bits per heavy atom. The van der Waals surface area contributed by atoms with Gasteiger partial charge in [0.2, 0.25) is 5.95 Å². The number of hydrogen-bond donors (Lipinski definition) is 3. The number of nitrogens with one attached hydrogen (secondary N) is 3. The zero-order chi connectivity index (χ0) is 28.1. The lowest BCUT2D eigenvalue weighted by atomic mass is 9.93. The van der Waals surface area contributed by atoms with E-state index in [1.54, 1.807) is 12.1 Å². The van der Waals surface area contributed by atoms with Gasteiger partial charge in [0, 0.05) is 19.2 Å². The molecule has 3 aromatic carbocycles. The summed E-state index contributed by atoms with van der Waals surface area (Å²) < 4.78 is 30.7. The van der Waals surface area contributed by atoms with Gasteiger partial charge in [0.05, 0.1) is 21.1 Å². The molecule has 0 saturated carbocycles.